The highest BCUT2D eigenvalue weighted by atomic mass is 16.7. The van der Waals surface area contributed by atoms with E-state index >= 15 is 0 Å². The van der Waals surface area contributed by atoms with Crippen LogP contribution in [0.4, 0.5) is 0 Å². The summed E-state index contributed by atoms with van der Waals surface area (Å²) in [6, 6.07) is 0. The maximum Gasteiger partial charge on any atom is 0.463 e. The molecule has 4 saturated heterocycles. The molecule has 0 aromatic rings. The molecule has 0 bridgehead atoms. The summed E-state index contributed by atoms with van der Waals surface area (Å²) in [6.07, 6.45) is 7.23. The van der Waals surface area contributed by atoms with Gasteiger partial charge in [-0.3, -0.25) is 0 Å². The Hall–Kier alpha value is -1.30. The van der Waals surface area contributed by atoms with Gasteiger partial charge in [0.1, 0.15) is 0 Å². The van der Waals surface area contributed by atoms with Gasteiger partial charge in [-0.2, -0.15) is 19.2 Å². The van der Waals surface area contributed by atoms with Crippen molar-refractivity contribution in [2.45, 2.75) is 208 Å². The van der Waals surface area contributed by atoms with Crippen LogP contribution < -0.4 is 0 Å². The van der Waals surface area contributed by atoms with Crippen molar-refractivity contribution in [1.82, 2.24) is 0 Å². The van der Waals surface area contributed by atoms with Gasteiger partial charge in [0.05, 0.1) is 49.8 Å². The fourth-order valence-corrected chi connectivity index (χ4v) is 6.00. The van der Waals surface area contributed by atoms with Crippen molar-refractivity contribution in [2.75, 3.05) is 13.2 Å². The third-order valence-corrected chi connectivity index (χ3v) is 9.23. The molecule has 0 aromatic carbocycles. The molecule has 0 radical (unpaired) electrons. The third-order valence-electron chi connectivity index (χ3n) is 9.23. The first-order chi connectivity index (χ1) is 24.6. The highest BCUT2D eigenvalue weighted by molar-refractivity contribution is 6.50. The predicted molar refractivity (Wildman–Crippen MR) is 213 cm³/mol. The lowest BCUT2D eigenvalue weighted by atomic mass is 9.61. The Kier molecular flexibility index (Phi) is 23.2. The average Bonchev–Trinajstić information content (AvgIpc) is 3.84. The van der Waals surface area contributed by atoms with Crippen LogP contribution in [0.3, 0.4) is 0 Å². The molecule has 0 amide bonds. The van der Waals surface area contributed by atoms with Crippen LogP contribution in [0.5, 0.6) is 0 Å². The fraction of sp³-hybridized carbons (Fsp3) is 0.947. The van der Waals surface area contributed by atoms with Gasteiger partial charge >= 0.3 is 40.8 Å². The highest BCUT2D eigenvalue weighted by Crippen LogP contribution is 2.40. The summed E-state index contributed by atoms with van der Waals surface area (Å²) < 4.78 is 45.7. The van der Waals surface area contributed by atoms with E-state index in [2.05, 4.69) is 125 Å². The van der Waals surface area contributed by atoms with Crippen LogP contribution in [0.15, 0.2) is 0 Å². The van der Waals surface area contributed by atoms with Crippen molar-refractivity contribution in [2.24, 2.45) is 11.8 Å². The summed E-state index contributed by atoms with van der Waals surface area (Å²) in [6.45, 7) is 40.2. The van der Waals surface area contributed by atoms with Crippen LogP contribution in [0, 0.1) is 11.8 Å². The summed E-state index contributed by atoms with van der Waals surface area (Å²) in [5.74, 6) is 1.04. The zero-order valence-corrected chi connectivity index (χ0v) is 37.1. The Balaban J connectivity index is 0.000000668. The SMILES string of the molecule is CC(C)(C)B1OCCO1.CC(C)(C)B1O[C@H]2CCCC[C@H]2O1.CC(C)[C@H]1OB(C(C)(C)C)O[C@@H]1C(C)C.C[C@@H]1OB(C(C)(C)C)O[C@H]1C.O=C=O.O=C=O. The molecule has 0 unspecified atom stereocenters. The van der Waals surface area contributed by atoms with Crippen LogP contribution in [-0.2, 0) is 56.4 Å². The largest absolute Gasteiger partial charge is 0.463 e. The molecule has 12 nitrogen and oxygen atoms in total. The van der Waals surface area contributed by atoms with E-state index in [9.17, 15) is 0 Å². The molecule has 54 heavy (non-hydrogen) atoms. The molecule has 5 aliphatic rings. The maximum atomic E-state index is 8.12. The first-order valence-corrected chi connectivity index (χ1v) is 19.8. The van der Waals surface area contributed by atoms with Crippen LogP contribution in [0.25, 0.3) is 0 Å². The van der Waals surface area contributed by atoms with E-state index in [1.807, 2.05) is 0 Å². The summed E-state index contributed by atoms with van der Waals surface area (Å²) in [5.41, 5.74) is 0. The van der Waals surface area contributed by atoms with Crippen molar-refractivity contribution >= 4 is 40.8 Å². The second kappa shape index (κ2) is 23.8. The van der Waals surface area contributed by atoms with E-state index in [-0.39, 0.29) is 86.4 Å². The summed E-state index contributed by atoms with van der Waals surface area (Å²) >= 11 is 0. The molecular weight excluding hydrogens is 692 g/mol. The van der Waals surface area contributed by atoms with Crippen LogP contribution >= 0.6 is 0 Å². The zero-order valence-electron chi connectivity index (χ0n) is 37.1. The molecule has 1 saturated carbocycles. The molecule has 16 heteroatoms. The second-order valence-electron chi connectivity index (χ2n) is 19.7. The van der Waals surface area contributed by atoms with E-state index in [1.54, 1.807) is 0 Å². The van der Waals surface area contributed by atoms with Crippen LogP contribution in [-0.4, -0.2) is 90.6 Å². The minimum absolute atomic E-state index is 0.0116. The minimum Gasteiger partial charge on any atom is -0.408 e. The topological polar surface area (TPSA) is 142 Å². The number of fused-ring (bicyclic) bond motifs is 1. The number of hydrogen-bond acceptors (Lipinski definition) is 12. The normalized spacial score (nSPS) is 26.7. The van der Waals surface area contributed by atoms with Crippen molar-refractivity contribution in [1.29, 1.82) is 0 Å². The number of hydrogen-bond donors (Lipinski definition) is 0. The van der Waals surface area contributed by atoms with Gasteiger partial charge in [-0.15, -0.1) is 0 Å². The molecular formula is C38H74B4O12. The number of rotatable bonds is 2. The molecule has 5 fully saturated rings. The Morgan fingerprint density at radius 1 is 0.463 bits per heavy atom. The summed E-state index contributed by atoms with van der Waals surface area (Å²) in [7, 11) is -0.0668. The van der Waals surface area contributed by atoms with E-state index in [0.29, 0.717) is 24.0 Å². The third kappa shape index (κ3) is 19.2. The van der Waals surface area contributed by atoms with E-state index in [0.717, 1.165) is 13.2 Å². The van der Waals surface area contributed by atoms with E-state index in [1.165, 1.54) is 25.7 Å². The van der Waals surface area contributed by atoms with Gasteiger partial charge in [-0.05, 0) is 59.8 Å². The van der Waals surface area contributed by atoms with Crippen molar-refractivity contribution in [3.63, 3.8) is 0 Å². The summed E-state index contributed by atoms with van der Waals surface area (Å²) in [5, 5.41) is 0.420. The van der Waals surface area contributed by atoms with Crippen molar-refractivity contribution in [3.8, 4) is 0 Å². The molecule has 0 aromatic heterocycles. The Bertz CT molecular complexity index is 1050. The van der Waals surface area contributed by atoms with Crippen molar-refractivity contribution < 1.29 is 56.4 Å². The Labute approximate surface area is 329 Å². The Morgan fingerprint density at radius 3 is 0.944 bits per heavy atom. The number of carbonyl (C=O) groups excluding carboxylic acids is 4. The predicted octanol–water partition coefficient (Wildman–Crippen LogP) is 8.26. The van der Waals surface area contributed by atoms with Gasteiger partial charge in [0, 0.05) is 0 Å². The average molecular weight is 766 g/mol. The molecule has 5 rings (SSSR count). The molecule has 0 N–H and O–H groups in total. The maximum absolute atomic E-state index is 8.12. The highest BCUT2D eigenvalue weighted by Gasteiger charge is 2.49. The molecule has 310 valence electrons. The summed E-state index contributed by atoms with van der Waals surface area (Å²) in [4.78, 5) is 32.5. The van der Waals surface area contributed by atoms with Gasteiger partial charge in [0.2, 0.25) is 0 Å². The molecule has 6 atom stereocenters. The first-order valence-electron chi connectivity index (χ1n) is 19.8. The zero-order chi connectivity index (χ0) is 42.2. The van der Waals surface area contributed by atoms with Crippen LogP contribution in [0.2, 0.25) is 21.3 Å². The molecule has 1 aliphatic carbocycles. The Morgan fingerprint density at radius 2 is 0.722 bits per heavy atom. The fourth-order valence-electron chi connectivity index (χ4n) is 6.00. The second-order valence-corrected chi connectivity index (χ2v) is 19.7. The lowest BCUT2D eigenvalue weighted by Gasteiger charge is -2.24. The minimum atomic E-state index is -0.0581. The van der Waals surface area contributed by atoms with Gasteiger partial charge in [-0.25, -0.2) is 0 Å². The van der Waals surface area contributed by atoms with Gasteiger partial charge in [0.25, 0.3) is 0 Å². The van der Waals surface area contributed by atoms with Gasteiger partial charge in [-0.1, -0.05) is 124 Å². The van der Waals surface area contributed by atoms with E-state index < -0.39 is 0 Å². The molecule has 4 heterocycles. The standard InChI is InChI=1S/C12H25BO2.C10H19BO2.C8H17BO2.C6H13BO2.2CO2/c1-8(2)10-11(9(3)4)15-13(14-10)12(5,6)7;1-10(2,3)11-12-8-6-4-5-7-9(8)13-11;1-6-7(2)11-9(10-6)8(3,4)5;1-6(2,3)7-8-4-5-9-7;2*2-1-3/h8-11H,1-7H3;8-9H,4-7H2,1-3H3;6-7H,1-5H3;4-5H2,1-3H3;;/t10-,11-;8-,9+;6-,7-;;;/m1.0.../s1. The molecule has 4 aliphatic heterocycles. The lowest BCUT2D eigenvalue weighted by molar-refractivity contribution is -0.193. The van der Waals surface area contributed by atoms with Gasteiger partial charge < -0.3 is 37.2 Å². The van der Waals surface area contributed by atoms with E-state index in [4.69, 9.17) is 56.4 Å². The van der Waals surface area contributed by atoms with Gasteiger partial charge in [0.15, 0.2) is 0 Å². The monoisotopic (exact) mass is 767 g/mol. The quantitative estimate of drug-likeness (QED) is 0.250. The lowest BCUT2D eigenvalue weighted by Crippen LogP contribution is -2.31. The van der Waals surface area contributed by atoms with Crippen molar-refractivity contribution in [3.05, 3.63) is 0 Å². The smallest absolute Gasteiger partial charge is 0.408 e. The van der Waals surface area contributed by atoms with Crippen LogP contribution in [0.1, 0.15) is 150 Å². The molecule has 0 spiro atoms. The first kappa shape index (κ1) is 52.7.